The molecule has 0 saturated heterocycles. The second-order valence-electron chi connectivity index (χ2n) is 6.99. The van der Waals surface area contributed by atoms with Crippen molar-refractivity contribution in [3.63, 3.8) is 0 Å². The molecule has 24 heavy (non-hydrogen) atoms. The van der Waals surface area contributed by atoms with E-state index in [9.17, 15) is 10.2 Å². The lowest BCUT2D eigenvalue weighted by atomic mass is 9.79. The first-order chi connectivity index (χ1) is 11.6. The molecular weight excluding hydrogens is 322 g/mol. The van der Waals surface area contributed by atoms with Gasteiger partial charge < -0.3 is 15.5 Å². The molecule has 0 heterocycles. The Bertz CT molecular complexity index is 718. The summed E-state index contributed by atoms with van der Waals surface area (Å²) in [6.45, 7) is 0. The van der Waals surface area contributed by atoms with Crippen molar-refractivity contribution in [2.75, 3.05) is 0 Å². The molecule has 3 aliphatic rings. The van der Waals surface area contributed by atoms with Gasteiger partial charge in [-0.1, -0.05) is 12.2 Å². The van der Waals surface area contributed by atoms with Crippen molar-refractivity contribution in [1.82, 2.24) is 10.7 Å². The molecule has 2 fully saturated rings. The van der Waals surface area contributed by atoms with E-state index in [-0.39, 0.29) is 11.5 Å². The summed E-state index contributed by atoms with van der Waals surface area (Å²) in [5, 5.41) is 27.1. The summed E-state index contributed by atoms with van der Waals surface area (Å²) in [5.41, 5.74) is 3.24. The number of phenols is 2. The third kappa shape index (κ3) is 2.75. The van der Waals surface area contributed by atoms with Crippen LogP contribution in [0.4, 0.5) is 0 Å². The second-order valence-corrected chi connectivity index (χ2v) is 7.40. The Hall–Kier alpha value is -2.08. The van der Waals surface area contributed by atoms with Crippen molar-refractivity contribution >= 4 is 23.5 Å². The van der Waals surface area contributed by atoms with Gasteiger partial charge in [-0.3, -0.25) is 5.43 Å². The maximum Gasteiger partial charge on any atom is 0.187 e. The van der Waals surface area contributed by atoms with Crippen molar-refractivity contribution in [1.29, 1.82) is 0 Å². The van der Waals surface area contributed by atoms with Gasteiger partial charge in [0.2, 0.25) is 0 Å². The minimum absolute atomic E-state index is 0.0596. The monoisotopic (exact) mass is 343 g/mol. The zero-order valence-electron chi connectivity index (χ0n) is 13.2. The lowest BCUT2D eigenvalue weighted by Gasteiger charge is -2.32. The smallest absolute Gasteiger partial charge is 0.187 e. The van der Waals surface area contributed by atoms with Crippen LogP contribution in [0, 0.1) is 23.7 Å². The molecule has 3 aliphatic carbocycles. The Balaban J connectivity index is 1.32. The van der Waals surface area contributed by atoms with Gasteiger partial charge in [-0.05, 0) is 73.4 Å². The van der Waals surface area contributed by atoms with E-state index < -0.39 is 0 Å². The standard InChI is InChI=1S/C18H21N3O2S/c22-12-4-5-17(23)11(6-12)9-19-21-18(24)20-16-8-10-7-15(16)14-3-1-2-13(10)14/h1,3-6,9-10,13-16,22-23H,2,7-8H2,(H2,20,21,24)/b19-9+. The predicted octanol–water partition coefficient (Wildman–Crippen LogP) is 2.50. The molecule has 2 bridgehead atoms. The third-order valence-corrected chi connectivity index (χ3v) is 5.92. The van der Waals surface area contributed by atoms with E-state index in [0.29, 0.717) is 22.6 Å². The van der Waals surface area contributed by atoms with Crippen molar-refractivity contribution in [2.24, 2.45) is 28.8 Å². The highest BCUT2D eigenvalue weighted by Gasteiger charge is 2.52. The van der Waals surface area contributed by atoms with Crippen molar-refractivity contribution in [3.05, 3.63) is 35.9 Å². The van der Waals surface area contributed by atoms with Crippen LogP contribution in [0.2, 0.25) is 0 Å². The average molecular weight is 343 g/mol. The van der Waals surface area contributed by atoms with E-state index in [4.69, 9.17) is 12.2 Å². The molecule has 5 unspecified atom stereocenters. The van der Waals surface area contributed by atoms with Crippen molar-refractivity contribution < 1.29 is 10.2 Å². The number of rotatable bonds is 3. The number of benzene rings is 1. The van der Waals surface area contributed by atoms with Gasteiger partial charge in [-0.15, -0.1) is 0 Å². The minimum Gasteiger partial charge on any atom is -0.508 e. The molecule has 0 aliphatic heterocycles. The van der Waals surface area contributed by atoms with Crippen LogP contribution >= 0.6 is 12.2 Å². The van der Waals surface area contributed by atoms with E-state index in [2.05, 4.69) is 28.0 Å². The number of hydrogen-bond donors (Lipinski definition) is 4. The van der Waals surface area contributed by atoms with Gasteiger partial charge in [0.25, 0.3) is 0 Å². The quantitative estimate of drug-likeness (QED) is 0.223. The first-order valence-corrected chi connectivity index (χ1v) is 8.81. The fourth-order valence-corrected chi connectivity index (χ4v) is 4.92. The Morgan fingerprint density at radius 1 is 1.25 bits per heavy atom. The second kappa shape index (κ2) is 6.09. The highest BCUT2D eigenvalue weighted by molar-refractivity contribution is 7.80. The molecule has 4 N–H and O–H groups in total. The Labute approximate surface area is 146 Å². The maximum absolute atomic E-state index is 9.70. The molecule has 1 aromatic rings. The molecule has 5 atom stereocenters. The van der Waals surface area contributed by atoms with Gasteiger partial charge in [0.1, 0.15) is 11.5 Å². The van der Waals surface area contributed by atoms with Crippen LogP contribution in [-0.4, -0.2) is 27.6 Å². The number of phenolic OH excluding ortho intramolecular Hbond substituents is 2. The molecule has 0 aromatic heterocycles. The summed E-state index contributed by atoms with van der Waals surface area (Å²) in [6.07, 6.45) is 9.91. The van der Waals surface area contributed by atoms with E-state index in [1.807, 2.05) is 0 Å². The first-order valence-electron chi connectivity index (χ1n) is 8.40. The van der Waals surface area contributed by atoms with Gasteiger partial charge >= 0.3 is 0 Å². The molecule has 0 radical (unpaired) electrons. The number of hydrazone groups is 1. The summed E-state index contributed by atoms with van der Waals surface area (Å²) in [7, 11) is 0. The van der Waals surface area contributed by atoms with E-state index in [0.717, 1.165) is 17.8 Å². The number of thiocarbonyl (C=S) groups is 1. The maximum atomic E-state index is 9.70. The number of nitrogens with one attached hydrogen (secondary N) is 2. The molecule has 126 valence electrons. The summed E-state index contributed by atoms with van der Waals surface area (Å²) in [4.78, 5) is 0. The first kappa shape index (κ1) is 15.4. The molecule has 0 spiro atoms. The molecular formula is C18H21N3O2S. The highest BCUT2D eigenvalue weighted by atomic mass is 32.1. The normalized spacial score (nSPS) is 33.1. The summed E-state index contributed by atoms with van der Waals surface area (Å²) < 4.78 is 0. The van der Waals surface area contributed by atoms with Crippen LogP contribution in [0.3, 0.4) is 0 Å². The van der Waals surface area contributed by atoms with E-state index in [1.165, 1.54) is 43.7 Å². The largest absolute Gasteiger partial charge is 0.508 e. The van der Waals surface area contributed by atoms with Crippen LogP contribution in [-0.2, 0) is 0 Å². The fraction of sp³-hybridized carbons (Fsp3) is 0.444. The fourth-order valence-electron chi connectivity index (χ4n) is 4.72. The number of hydrogen-bond acceptors (Lipinski definition) is 4. The molecule has 4 rings (SSSR count). The van der Waals surface area contributed by atoms with Crippen LogP contribution in [0.15, 0.2) is 35.5 Å². The molecule has 0 amide bonds. The van der Waals surface area contributed by atoms with Gasteiger partial charge in [0.05, 0.1) is 6.21 Å². The summed E-state index contributed by atoms with van der Waals surface area (Å²) in [5.74, 6) is 3.22. The Morgan fingerprint density at radius 3 is 3.00 bits per heavy atom. The third-order valence-electron chi connectivity index (χ3n) is 5.71. The van der Waals surface area contributed by atoms with Gasteiger partial charge in [0, 0.05) is 11.6 Å². The van der Waals surface area contributed by atoms with Crippen molar-refractivity contribution in [3.8, 4) is 11.5 Å². The lowest BCUT2D eigenvalue weighted by Crippen LogP contribution is -2.45. The Morgan fingerprint density at radius 2 is 2.12 bits per heavy atom. The Kier molecular flexibility index (Phi) is 3.92. The van der Waals surface area contributed by atoms with Gasteiger partial charge in [-0.2, -0.15) is 5.10 Å². The minimum atomic E-state index is 0.0596. The lowest BCUT2D eigenvalue weighted by molar-refractivity contribution is 0.246. The van der Waals surface area contributed by atoms with Crippen LogP contribution < -0.4 is 10.7 Å². The van der Waals surface area contributed by atoms with Crippen LogP contribution in [0.25, 0.3) is 0 Å². The summed E-state index contributed by atoms with van der Waals surface area (Å²) >= 11 is 5.33. The van der Waals surface area contributed by atoms with E-state index in [1.54, 1.807) is 0 Å². The molecule has 1 aromatic carbocycles. The number of nitrogens with zero attached hydrogens (tertiary/aromatic N) is 1. The zero-order valence-corrected chi connectivity index (χ0v) is 14.0. The highest BCUT2D eigenvalue weighted by Crippen LogP contribution is 2.56. The van der Waals surface area contributed by atoms with Gasteiger partial charge in [0.15, 0.2) is 5.11 Å². The number of allylic oxidation sites excluding steroid dienone is 2. The predicted molar refractivity (Wildman–Crippen MR) is 97.0 cm³/mol. The van der Waals surface area contributed by atoms with Crippen LogP contribution in [0.5, 0.6) is 11.5 Å². The van der Waals surface area contributed by atoms with Crippen molar-refractivity contribution in [2.45, 2.75) is 25.3 Å². The SMILES string of the molecule is Oc1ccc(O)c(/C=N/NC(=S)NC2CC3CC2C2C=CCC32)c1. The molecule has 5 nitrogen and oxygen atoms in total. The van der Waals surface area contributed by atoms with Gasteiger partial charge in [-0.25, -0.2) is 0 Å². The number of fused-ring (bicyclic) bond motifs is 5. The van der Waals surface area contributed by atoms with E-state index >= 15 is 0 Å². The zero-order chi connectivity index (χ0) is 16.7. The molecule has 6 heteroatoms. The van der Waals surface area contributed by atoms with Crippen LogP contribution in [0.1, 0.15) is 24.8 Å². The number of aromatic hydroxyl groups is 2. The average Bonchev–Trinajstić information content (AvgIpc) is 3.23. The molecule has 2 saturated carbocycles. The summed E-state index contributed by atoms with van der Waals surface area (Å²) in [6, 6.07) is 4.71. The topological polar surface area (TPSA) is 76.9 Å².